The second-order valence-corrected chi connectivity index (χ2v) is 7.48. The number of hydrogen-bond donors (Lipinski definition) is 1. The maximum absolute atomic E-state index is 5.68. The van der Waals surface area contributed by atoms with E-state index in [2.05, 4.69) is 75.5 Å². The maximum atomic E-state index is 5.68. The first-order valence-electron chi connectivity index (χ1n) is 8.65. The largest absolute Gasteiger partial charge is 0.496 e. The van der Waals surface area contributed by atoms with E-state index >= 15 is 0 Å². The predicted molar refractivity (Wildman–Crippen MR) is 108 cm³/mol. The Balaban J connectivity index is 2.05. The van der Waals surface area contributed by atoms with Crippen LogP contribution < -0.4 is 15.0 Å². The maximum Gasteiger partial charge on any atom is 0.124 e. The Morgan fingerprint density at radius 3 is 2.36 bits per heavy atom. The van der Waals surface area contributed by atoms with Gasteiger partial charge >= 0.3 is 0 Å². The molecule has 4 nitrogen and oxygen atoms in total. The molecule has 1 aliphatic rings. The topological polar surface area (TPSA) is 27.7 Å². The molecule has 5 heteroatoms. The highest BCUT2D eigenvalue weighted by molar-refractivity contribution is 9.10. The van der Waals surface area contributed by atoms with Gasteiger partial charge in [-0.3, -0.25) is 4.90 Å². The van der Waals surface area contributed by atoms with Crippen molar-refractivity contribution in [3.63, 3.8) is 0 Å². The van der Waals surface area contributed by atoms with Crippen LogP contribution in [0.3, 0.4) is 0 Å². The molecule has 2 aromatic carbocycles. The molecular weight excluding hydrogens is 378 g/mol. The lowest BCUT2D eigenvalue weighted by Crippen LogP contribution is -2.45. The van der Waals surface area contributed by atoms with Gasteiger partial charge in [-0.25, -0.2) is 0 Å². The third-order valence-electron chi connectivity index (χ3n) is 4.73. The molecule has 0 saturated carbocycles. The number of hydrogen-bond acceptors (Lipinski definition) is 4. The lowest BCUT2D eigenvalue weighted by molar-refractivity contribution is 0.195. The Morgan fingerprint density at radius 1 is 1.08 bits per heavy atom. The van der Waals surface area contributed by atoms with E-state index in [4.69, 9.17) is 4.74 Å². The molecule has 0 spiro atoms. The highest BCUT2D eigenvalue weighted by Gasteiger charge is 2.26. The highest BCUT2D eigenvalue weighted by atomic mass is 79.9. The number of ether oxygens (including phenoxy) is 1. The fourth-order valence-electron chi connectivity index (χ4n) is 3.40. The van der Waals surface area contributed by atoms with Gasteiger partial charge in [0.1, 0.15) is 5.75 Å². The van der Waals surface area contributed by atoms with Crippen molar-refractivity contribution in [2.24, 2.45) is 0 Å². The summed E-state index contributed by atoms with van der Waals surface area (Å²) >= 11 is 3.63. The fraction of sp³-hybridized carbons (Fsp3) is 0.400. The van der Waals surface area contributed by atoms with Crippen LogP contribution in [-0.2, 0) is 0 Å². The average molecular weight is 404 g/mol. The number of nitrogens with zero attached hydrogens (tertiary/aromatic N) is 2. The van der Waals surface area contributed by atoms with Crippen LogP contribution in [0.2, 0.25) is 0 Å². The van der Waals surface area contributed by atoms with Crippen molar-refractivity contribution in [2.75, 3.05) is 52.3 Å². The standard InChI is InChI=1S/C20H26BrN3O/c1-23(2)17-7-4-15(5-8-17)20(24-12-10-22-11-13-24)18-14-16(21)6-9-19(18)25-3/h4-9,14,20,22H,10-13H2,1-3H3. The number of methoxy groups -OCH3 is 1. The Labute approximate surface area is 158 Å². The monoisotopic (exact) mass is 403 g/mol. The first-order valence-corrected chi connectivity index (χ1v) is 9.45. The summed E-state index contributed by atoms with van der Waals surface area (Å²) in [5.41, 5.74) is 3.71. The van der Waals surface area contributed by atoms with Crippen molar-refractivity contribution in [1.29, 1.82) is 0 Å². The van der Waals surface area contributed by atoms with Crippen molar-refractivity contribution in [3.05, 3.63) is 58.1 Å². The lowest BCUT2D eigenvalue weighted by atomic mass is 9.95. The third kappa shape index (κ3) is 4.17. The molecule has 0 radical (unpaired) electrons. The van der Waals surface area contributed by atoms with Crippen molar-refractivity contribution < 1.29 is 4.74 Å². The van der Waals surface area contributed by atoms with Crippen LogP contribution in [-0.4, -0.2) is 52.3 Å². The molecule has 0 amide bonds. The second-order valence-electron chi connectivity index (χ2n) is 6.56. The Kier molecular flexibility index (Phi) is 5.99. The van der Waals surface area contributed by atoms with E-state index in [1.165, 1.54) is 16.8 Å². The van der Waals surface area contributed by atoms with Crippen LogP contribution >= 0.6 is 15.9 Å². The molecule has 1 N–H and O–H groups in total. The zero-order valence-corrected chi connectivity index (χ0v) is 16.7. The number of anilines is 1. The van der Waals surface area contributed by atoms with Crippen LogP contribution in [0.5, 0.6) is 5.75 Å². The van der Waals surface area contributed by atoms with Gasteiger partial charge in [-0.1, -0.05) is 28.1 Å². The minimum absolute atomic E-state index is 0.186. The minimum Gasteiger partial charge on any atom is -0.496 e. The van der Waals surface area contributed by atoms with Gasteiger partial charge in [-0.2, -0.15) is 0 Å². The first-order chi connectivity index (χ1) is 12.1. The van der Waals surface area contributed by atoms with Crippen LogP contribution in [0, 0.1) is 0 Å². The summed E-state index contributed by atoms with van der Waals surface area (Å²) in [6.07, 6.45) is 0. The number of rotatable bonds is 5. The SMILES string of the molecule is COc1ccc(Br)cc1C(c1ccc(N(C)C)cc1)N1CCNCC1. The number of benzene rings is 2. The molecule has 1 fully saturated rings. The van der Waals surface area contributed by atoms with Crippen LogP contribution in [0.4, 0.5) is 5.69 Å². The molecule has 1 saturated heterocycles. The average Bonchev–Trinajstić information content (AvgIpc) is 2.63. The molecule has 1 atom stereocenters. The van der Waals surface area contributed by atoms with Gasteiger partial charge in [0.15, 0.2) is 0 Å². The highest BCUT2D eigenvalue weighted by Crippen LogP contribution is 2.37. The van der Waals surface area contributed by atoms with Crippen molar-refractivity contribution in [2.45, 2.75) is 6.04 Å². The zero-order valence-electron chi connectivity index (χ0n) is 15.1. The smallest absolute Gasteiger partial charge is 0.124 e. The first kappa shape index (κ1) is 18.2. The van der Waals surface area contributed by atoms with E-state index in [-0.39, 0.29) is 6.04 Å². The summed E-state index contributed by atoms with van der Waals surface area (Å²) in [5, 5.41) is 3.45. The van der Waals surface area contributed by atoms with E-state index < -0.39 is 0 Å². The van der Waals surface area contributed by atoms with Crippen molar-refractivity contribution in [1.82, 2.24) is 10.2 Å². The molecule has 134 valence electrons. The van der Waals surface area contributed by atoms with Gasteiger partial charge in [0.05, 0.1) is 13.2 Å². The number of halogens is 1. The third-order valence-corrected chi connectivity index (χ3v) is 5.22. The van der Waals surface area contributed by atoms with E-state index in [9.17, 15) is 0 Å². The minimum atomic E-state index is 0.186. The summed E-state index contributed by atoms with van der Waals surface area (Å²) in [5.74, 6) is 0.934. The van der Waals surface area contributed by atoms with Crippen molar-refractivity contribution >= 4 is 21.6 Å². The normalized spacial score (nSPS) is 16.5. The quantitative estimate of drug-likeness (QED) is 0.826. The summed E-state index contributed by atoms with van der Waals surface area (Å²) in [6.45, 7) is 4.08. The summed E-state index contributed by atoms with van der Waals surface area (Å²) in [6, 6.07) is 15.3. The zero-order chi connectivity index (χ0) is 17.8. The molecule has 0 aromatic heterocycles. The molecular formula is C20H26BrN3O. The van der Waals surface area contributed by atoms with Crippen molar-refractivity contribution in [3.8, 4) is 5.75 Å². The Morgan fingerprint density at radius 2 is 1.76 bits per heavy atom. The second kappa shape index (κ2) is 8.21. The van der Waals surface area contributed by atoms with Gasteiger partial charge in [0.2, 0.25) is 0 Å². The molecule has 1 unspecified atom stereocenters. The Hall–Kier alpha value is -1.56. The molecule has 1 heterocycles. The molecule has 25 heavy (non-hydrogen) atoms. The van der Waals surface area contributed by atoms with E-state index in [1.54, 1.807) is 7.11 Å². The Bertz CT molecular complexity index is 697. The van der Waals surface area contributed by atoms with E-state index in [0.717, 1.165) is 36.4 Å². The van der Waals surface area contributed by atoms with Crippen LogP contribution in [0.15, 0.2) is 46.9 Å². The van der Waals surface area contributed by atoms with Crippen LogP contribution in [0.1, 0.15) is 17.2 Å². The van der Waals surface area contributed by atoms with Gasteiger partial charge in [-0.05, 0) is 35.9 Å². The summed E-state index contributed by atoms with van der Waals surface area (Å²) in [4.78, 5) is 4.66. The molecule has 0 aliphatic carbocycles. The van der Waals surface area contributed by atoms with Crippen LogP contribution in [0.25, 0.3) is 0 Å². The molecule has 2 aromatic rings. The van der Waals surface area contributed by atoms with E-state index in [1.807, 2.05) is 12.1 Å². The number of nitrogens with one attached hydrogen (secondary N) is 1. The fourth-order valence-corrected chi connectivity index (χ4v) is 3.78. The van der Waals surface area contributed by atoms with Gasteiger partial charge < -0.3 is 15.0 Å². The molecule has 0 bridgehead atoms. The predicted octanol–water partition coefficient (Wildman–Crippen LogP) is 3.52. The van der Waals surface area contributed by atoms with E-state index in [0.29, 0.717) is 0 Å². The summed E-state index contributed by atoms with van der Waals surface area (Å²) in [7, 11) is 5.89. The summed E-state index contributed by atoms with van der Waals surface area (Å²) < 4.78 is 6.76. The molecule has 1 aliphatic heterocycles. The molecule has 3 rings (SSSR count). The lowest BCUT2D eigenvalue weighted by Gasteiger charge is -2.36. The van der Waals surface area contributed by atoms with Gasteiger partial charge in [-0.15, -0.1) is 0 Å². The van der Waals surface area contributed by atoms with Gasteiger partial charge in [0.25, 0.3) is 0 Å². The number of piperazine rings is 1. The van der Waals surface area contributed by atoms with Gasteiger partial charge in [0, 0.05) is 56.0 Å².